The number of carbonyl (C=O) groups excluding carboxylic acids is 1. The summed E-state index contributed by atoms with van der Waals surface area (Å²) >= 11 is 6.22. The number of methoxy groups -OCH3 is 1. The van der Waals surface area contributed by atoms with Gasteiger partial charge in [0.05, 0.1) is 18.4 Å². The lowest BCUT2D eigenvalue weighted by Crippen LogP contribution is -2.14. The molecule has 2 aromatic rings. The summed E-state index contributed by atoms with van der Waals surface area (Å²) in [4.78, 5) is 12.5. The fourth-order valence-corrected chi connectivity index (χ4v) is 2.63. The van der Waals surface area contributed by atoms with E-state index in [4.69, 9.17) is 16.3 Å². The van der Waals surface area contributed by atoms with Gasteiger partial charge in [-0.1, -0.05) is 35.5 Å². The topological polar surface area (TPSA) is 38.3 Å². The average molecular weight is 344 g/mol. The Bertz CT molecular complexity index is 682. The van der Waals surface area contributed by atoms with Crippen molar-refractivity contribution in [1.82, 2.24) is 0 Å². The Balaban J connectivity index is 2.28. The van der Waals surface area contributed by atoms with Crippen molar-refractivity contribution in [2.75, 3.05) is 12.4 Å². The van der Waals surface area contributed by atoms with Gasteiger partial charge < -0.3 is 10.1 Å². The maximum atomic E-state index is 12.6. The van der Waals surface area contributed by atoms with E-state index >= 15 is 0 Å². The standard InChI is InChI=1S/C15H12ClF2NO2S/c1-21-12-7-6-9(16)8-11(12)19-14(20)10-4-2-3-5-13(10)22-15(17)18/h2-8,15H,1H3,(H,19,20). The number of rotatable bonds is 5. The second-order valence-electron chi connectivity index (χ2n) is 4.17. The second-order valence-corrected chi connectivity index (χ2v) is 5.64. The SMILES string of the molecule is COc1ccc(Cl)cc1NC(=O)c1ccccc1SC(F)F. The number of halogens is 3. The Morgan fingerprint density at radius 3 is 2.68 bits per heavy atom. The number of hydrogen-bond donors (Lipinski definition) is 1. The summed E-state index contributed by atoms with van der Waals surface area (Å²) < 4.78 is 30.2. The highest BCUT2D eigenvalue weighted by Crippen LogP contribution is 2.31. The lowest BCUT2D eigenvalue weighted by molar-refractivity contribution is 0.102. The molecule has 116 valence electrons. The van der Waals surface area contributed by atoms with Crippen LogP contribution in [0.4, 0.5) is 14.5 Å². The van der Waals surface area contributed by atoms with Gasteiger partial charge in [-0.3, -0.25) is 4.79 Å². The van der Waals surface area contributed by atoms with E-state index in [9.17, 15) is 13.6 Å². The van der Waals surface area contributed by atoms with Crippen LogP contribution in [0.2, 0.25) is 5.02 Å². The molecule has 1 amide bonds. The zero-order valence-electron chi connectivity index (χ0n) is 11.5. The Labute approximate surface area is 135 Å². The quantitative estimate of drug-likeness (QED) is 0.783. The number of anilines is 1. The van der Waals surface area contributed by atoms with E-state index in [2.05, 4.69) is 5.32 Å². The van der Waals surface area contributed by atoms with E-state index in [1.165, 1.54) is 25.3 Å². The third kappa shape index (κ3) is 4.11. The van der Waals surface area contributed by atoms with Gasteiger partial charge >= 0.3 is 0 Å². The number of hydrogen-bond acceptors (Lipinski definition) is 3. The zero-order chi connectivity index (χ0) is 16.1. The number of amides is 1. The molecule has 0 atom stereocenters. The van der Waals surface area contributed by atoms with Gasteiger partial charge in [-0.05, 0) is 30.3 Å². The van der Waals surface area contributed by atoms with Crippen molar-refractivity contribution in [2.45, 2.75) is 10.7 Å². The molecule has 1 N–H and O–H groups in total. The molecule has 0 spiro atoms. The number of thioether (sulfide) groups is 1. The van der Waals surface area contributed by atoms with Crippen LogP contribution in [-0.2, 0) is 0 Å². The van der Waals surface area contributed by atoms with Crippen molar-refractivity contribution in [3.63, 3.8) is 0 Å². The van der Waals surface area contributed by atoms with Crippen LogP contribution in [0.1, 0.15) is 10.4 Å². The van der Waals surface area contributed by atoms with E-state index in [1.54, 1.807) is 24.3 Å². The molecule has 2 aromatic carbocycles. The molecule has 0 bridgehead atoms. The van der Waals surface area contributed by atoms with E-state index in [0.29, 0.717) is 28.2 Å². The first kappa shape index (κ1) is 16.6. The molecule has 0 heterocycles. The monoisotopic (exact) mass is 343 g/mol. The maximum absolute atomic E-state index is 12.6. The number of nitrogens with one attached hydrogen (secondary N) is 1. The predicted octanol–water partition coefficient (Wildman–Crippen LogP) is 4.92. The first-order valence-electron chi connectivity index (χ1n) is 6.20. The van der Waals surface area contributed by atoms with Gasteiger partial charge in [-0.25, -0.2) is 0 Å². The highest BCUT2D eigenvalue weighted by atomic mass is 35.5. The molecule has 0 radical (unpaired) electrons. The molecule has 0 aliphatic carbocycles. The van der Waals surface area contributed by atoms with Crippen LogP contribution in [-0.4, -0.2) is 18.8 Å². The van der Waals surface area contributed by atoms with Crippen LogP contribution >= 0.6 is 23.4 Å². The van der Waals surface area contributed by atoms with Crippen molar-refractivity contribution in [1.29, 1.82) is 0 Å². The molecule has 0 fully saturated rings. The van der Waals surface area contributed by atoms with Crippen molar-refractivity contribution >= 4 is 35.0 Å². The normalized spacial score (nSPS) is 10.6. The van der Waals surface area contributed by atoms with Crippen molar-refractivity contribution < 1.29 is 18.3 Å². The third-order valence-electron chi connectivity index (χ3n) is 2.76. The molecule has 0 saturated heterocycles. The Hall–Kier alpha value is -1.79. The smallest absolute Gasteiger partial charge is 0.288 e. The van der Waals surface area contributed by atoms with E-state index in [-0.39, 0.29) is 10.5 Å². The van der Waals surface area contributed by atoms with Crippen LogP contribution in [0.3, 0.4) is 0 Å². The largest absolute Gasteiger partial charge is 0.495 e. The van der Waals surface area contributed by atoms with Crippen molar-refractivity contribution in [2.24, 2.45) is 0 Å². The highest BCUT2D eigenvalue weighted by molar-refractivity contribution is 7.99. The maximum Gasteiger partial charge on any atom is 0.288 e. The molecule has 22 heavy (non-hydrogen) atoms. The fourth-order valence-electron chi connectivity index (χ4n) is 1.82. The first-order valence-corrected chi connectivity index (χ1v) is 7.45. The minimum absolute atomic E-state index is 0.162. The van der Waals surface area contributed by atoms with Gasteiger partial charge in [0.15, 0.2) is 0 Å². The molecule has 2 rings (SSSR count). The molecule has 0 aliphatic rings. The zero-order valence-corrected chi connectivity index (χ0v) is 13.0. The van der Waals surface area contributed by atoms with E-state index in [0.717, 1.165) is 0 Å². The van der Waals surface area contributed by atoms with Gasteiger partial charge in [0.25, 0.3) is 11.7 Å². The summed E-state index contributed by atoms with van der Waals surface area (Å²) in [6.07, 6.45) is 0. The molecule has 0 aromatic heterocycles. The number of carbonyl (C=O) groups is 1. The second kappa shape index (κ2) is 7.47. The first-order chi connectivity index (χ1) is 10.5. The van der Waals surface area contributed by atoms with Gasteiger partial charge in [0.1, 0.15) is 5.75 Å². The fraction of sp³-hybridized carbons (Fsp3) is 0.133. The van der Waals surface area contributed by atoms with Gasteiger partial charge in [-0.15, -0.1) is 0 Å². The summed E-state index contributed by atoms with van der Waals surface area (Å²) in [5.41, 5.74) is 0.534. The summed E-state index contributed by atoms with van der Waals surface area (Å²) in [6.45, 7) is 0. The van der Waals surface area contributed by atoms with Crippen molar-refractivity contribution in [3.05, 3.63) is 53.1 Å². The molecule has 7 heteroatoms. The van der Waals surface area contributed by atoms with Gasteiger partial charge in [0, 0.05) is 9.92 Å². The average Bonchev–Trinajstić information content (AvgIpc) is 2.47. The van der Waals surface area contributed by atoms with Crippen LogP contribution in [0.25, 0.3) is 0 Å². The minimum atomic E-state index is -2.60. The van der Waals surface area contributed by atoms with Crippen LogP contribution < -0.4 is 10.1 Å². The summed E-state index contributed by atoms with van der Waals surface area (Å²) in [6, 6.07) is 10.9. The lowest BCUT2D eigenvalue weighted by atomic mass is 10.2. The highest BCUT2D eigenvalue weighted by Gasteiger charge is 2.16. The molecule has 0 unspecified atom stereocenters. The molecule has 0 saturated carbocycles. The van der Waals surface area contributed by atoms with Crippen molar-refractivity contribution in [3.8, 4) is 5.75 Å². The van der Waals surface area contributed by atoms with E-state index in [1.807, 2.05) is 0 Å². The Morgan fingerprint density at radius 2 is 2.00 bits per heavy atom. The number of benzene rings is 2. The predicted molar refractivity (Wildman–Crippen MR) is 84.3 cm³/mol. The number of ether oxygens (including phenoxy) is 1. The summed E-state index contributed by atoms with van der Waals surface area (Å²) in [5.74, 6) is -2.68. The number of alkyl halides is 2. The summed E-state index contributed by atoms with van der Waals surface area (Å²) in [7, 11) is 1.46. The molecule has 0 aliphatic heterocycles. The van der Waals surface area contributed by atoms with Gasteiger partial charge in [0.2, 0.25) is 0 Å². The van der Waals surface area contributed by atoms with Crippen LogP contribution in [0.5, 0.6) is 5.75 Å². The van der Waals surface area contributed by atoms with Crippen LogP contribution in [0.15, 0.2) is 47.4 Å². The van der Waals surface area contributed by atoms with Gasteiger partial charge in [-0.2, -0.15) is 8.78 Å². The van der Waals surface area contributed by atoms with Crippen LogP contribution in [0, 0.1) is 0 Å². The Morgan fingerprint density at radius 1 is 1.27 bits per heavy atom. The third-order valence-corrected chi connectivity index (χ3v) is 3.78. The molecule has 3 nitrogen and oxygen atoms in total. The van der Waals surface area contributed by atoms with E-state index < -0.39 is 11.7 Å². The minimum Gasteiger partial charge on any atom is -0.495 e. The summed E-state index contributed by atoms with van der Waals surface area (Å²) in [5, 5.41) is 3.05. The molecular weight excluding hydrogens is 332 g/mol. The Kier molecular flexibility index (Phi) is 5.63. The molecular formula is C15H12ClF2NO2S. The lowest BCUT2D eigenvalue weighted by Gasteiger charge is -2.12.